The summed E-state index contributed by atoms with van der Waals surface area (Å²) in [7, 11) is -2.90. The maximum absolute atomic E-state index is 14.0. The van der Waals surface area contributed by atoms with E-state index in [1.165, 1.54) is 0 Å². The molecule has 0 amide bonds. The van der Waals surface area contributed by atoms with Crippen LogP contribution in [0.5, 0.6) is 0 Å². The van der Waals surface area contributed by atoms with Crippen molar-refractivity contribution in [3.63, 3.8) is 0 Å². The summed E-state index contributed by atoms with van der Waals surface area (Å²) in [6, 6.07) is 19.4. The van der Waals surface area contributed by atoms with Gasteiger partial charge in [-0.2, -0.15) is 0 Å². The number of nitrogens with one attached hydrogen (secondary N) is 1. The molecule has 23 heavy (non-hydrogen) atoms. The molecule has 0 radical (unpaired) electrons. The van der Waals surface area contributed by atoms with Gasteiger partial charge in [-0.25, -0.2) is 0 Å². The molecule has 122 valence electrons. The predicted octanol–water partition coefficient (Wildman–Crippen LogP) is 3.06. The molecule has 0 heterocycles. The molecule has 4 heteroatoms. The Labute approximate surface area is 138 Å². The first-order valence-electron chi connectivity index (χ1n) is 8.34. The van der Waals surface area contributed by atoms with Crippen LogP contribution in [0.3, 0.4) is 0 Å². The molecule has 1 aliphatic rings. The van der Waals surface area contributed by atoms with Crippen LogP contribution in [-0.2, 0) is 4.57 Å². The van der Waals surface area contributed by atoms with Crippen molar-refractivity contribution in [3.05, 3.63) is 60.7 Å². The molecule has 1 fully saturated rings. The van der Waals surface area contributed by atoms with E-state index < -0.39 is 7.29 Å². The minimum absolute atomic E-state index is 0.0972. The fraction of sp³-hybridized carbons (Fsp3) is 0.368. The van der Waals surface area contributed by atoms with Crippen molar-refractivity contribution in [3.8, 4) is 0 Å². The third-order valence-electron chi connectivity index (χ3n) is 4.73. The summed E-state index contributed by atoms with van der Waals surface area (Å²) < 4.78 is 14.0. The molecule has 3 rings (SSSR count). The Bertz CT molecular complexity index is 616. The zero-order valence-electron chi connectivity index (χ0n) is 13.3. The van der Waals surface area contributed by atoms with Gasteiger partial charge in [-0.3, -0.25) is 9.65 Å². The number of aliphatic hydroxyl groups excluding tert-OH is 1. The third-order valence-corrected chi connectivity index (χ3v) is 7.48. The van der Waals surface area contributed by atoms with E-state index in [0.717, 1.165) is 36.3 Å². The molecule has 1 aliphatic carbocycles. The number of benzene rings is 2. The lowest BCUT2D eigenvalue weighted by atomic mass is 9.86. The molecule has 0 aromatic heterocycles. The van der Waals surface area contributed by atoms with Gasteiger partial charge in [0.25, 0.3) is 0 Å². The fourth-order valence-corrected chi connectivity index (χ4v) is 5.99. The van der Waals surface area contributed by atoms with Crippen molar-refractivity contribution in [1.29, 1.82) is 0 Å². The van der Waals surface area contributed by atoms with Crippen LogP contribution in [-0.4, -0.2) is 17.8 Å². The highest BCUT2D eigenvalue weighted by Crippen LogP contribution is 2.41. The van der Waals surface area contributed by atoms with Gasteiger partial charge in [0, 0.05) is 23.3 Å². The zero-order chi connectivity index (χ0) is 16.1. The van der Waals surface area contributed by atoms with E-state index in [4.69, 9.17) is 0 Å². The molecule has 2 aromatic carbocycles. The summed E-state index contributed by atoms with van der Waals surface area (Å²) in [5.41, 5.74) is 0. The molecular weight excluding hydrogens is 305 g/mol. The average molecular weight is 329 g/mol. The quantitative estimate of drug-likeness (QED) is 0.829. The van der Waals surface area contributed by atoms with Crippen molar-refractivity contribution < 1.29 is 9.67 Å². The summed E-state index contributed by atoms with van der Waals surface area (Å²) in [5, 5.41) is 14.8. The summed E-state index contributed by atoms with van der Waals surface area (Å²) in [4.78, 5) is 0. The first-order chi connectivity index (χ1) is 11.2. The molecule has 3 nitrogen and oxygen atoms in total. The lowest BCUT2D eigenvalue weighted by Crippen LogP contribution is -2.42. The van der Waals surface area contributed by atoms with Gasteiger partial charge in [0.05, 0.1) is 0 Å². The van der Waals surface area contributed by atoms with E-state index in [2.05, 4.69) is 5.09 Å². The molecule has 0 saturated heterocycles. The Morgan fingerprint density at radius 2 is 1.43 bits per heavy atom. The number of hydrogen-bond donors (Lipinski definition) is 2. The molecule has 2 aromatic rings. The van der Waals surface area contributed by atoms with Gasteiger partial charge in [-0.1, -0.05) is 49.2 Å². The van der Waals surface area contributed by atoms with Crippen LogP contribution in [0.25, 0.3) is 0 Å². The summed E-state index contributed by atoms with van der Waals surface area (Å²) >= 11 is 0. The van der Waals surface area contributed by atoms with Crippen LogP contribution in [0.1, 0.15) is 25.7 Å². The second-order valence-corrected chi connectivity index (χ2v) is 8.75. The first-order valence-corrected chi connectivity index (χ1v) is 10.0. The standard InChI is InChI=1S/C19H24NO2P/c21-15-16-9-7-8-14-19(16)20-23(22,17-10-3-1-4-11-17)18-12-5-2-6-13-18/h1-6,10-13,16,19,21H,7-9,14-15H2,(H,20,22)/t16-,19-/m1/s1. The van der Waals surface area contributed by atoms with E-state index in [0.29, 0.717) is 0 Å². The van der Waals surface area contributed by atoms with Gasteiger partial charge in [-0.15, -0.1) is 0 Å². The number of hydrogen-bond acceptors (Lipinski definition) is 2. The lowest BCUT2D eigenvalue weighted by molar-refractivity contribution is 0.164. The van der Waals surface area contributed by atoms with Crippen molar-refractivity contribution >= 4 is 17.9 Å². The van der Waals surface area contributed by atoms with Crippen molar-refractivity contribution in [1.82, 2.24) is 5.09 Å². The van der Waals surface area contributed by atoms with Crippen molar-refractivity contribution in [2.75, 3.05) is 6.61 Å². The molecule has 0 spiro atoms. The maximum atomic E-state index is 14.0. The molecule has 1 saturated carbocycles. The lowest BCUT2D eigenvalue weighted by Gasteiger charge is -2.34. The summed E-state index contributed by atoms with van der Waals surface area (Å²) in [6.07, 6.45) is 4.23. The zero-order valence-corrected chi connectivity index (χ0v) is 14.2. The van der Waals surface area contributed by atoms with Gasteiger partial charge >= 0.3 is 0 Å². The Morgan fingerprint density at radius 3 is 1.96 bits per heavy atom. The molecule has 2 N–H and O–H groups in total. The average Bonchev–Trinajstić information content (AvgIpc) is 2.63. The SMILES string of the molecule is O=P(N[C@@H]1CCCC[C@@H]1CO)(c1ccccc1)c1ccccc1. The highest BCUT2D eigenvalue weighted by Gasteiger charge is 2.34. The molecule has 0 bridgehead atoms. The van der Waals surface area contributed by atoms with Gasteiger partial charge in [0.1, 0.15) is 0 Å². The largest absolute Gasteiger partial charge is 0.396 e. The van der Waals surface area contributed by atoms with E-state index in [-0.39, 0.29) is 18.6 Å². The van der Waals surface area contributed by atoms with Crippen LogP contribution in [0.4, 0.5) is 0 Å². The maximum Gasteiger partial charge on any atom is 0.204 e. The van der Waals surface area contributed by atoms with Crippen LogP contribution >= 0.6 is 7.29 Å². The van der Waals surface area contributed by atoms with Crippen LogP contribution in [0.2, 0.25) is 0 Å². The van der Waals surface area contributed by atoms with E-state index in [9.17, 15) is 9.67 Å². The second kappa shape index (κ2) is 7.44. The van der Waals surface area contributed by atoms with E-state index in [1.807, 2.05) is 60.7 Å². The second-order valence-electron chi connectivity index (χ2n) is 6.24. The topological polar surface area (TPSA) is 49.3 Å². The van der Waals surface area contributed by atoms with Crippen LogP contribution < -0.4 is 15.7 Å². The first kappa shape index (κ1) is 16.4. The Morgan fingerprint density at radius 1 is 0.913 bits per heavy atom. The normalized spacial score (nSPS) is 22.0. The Balaban J connectivity index is 1.98. The van der Waals surface area contributed by atoms with Crippen molar-refractivity contribution in [2.45, 2.75) is 31.7 Å². The summed E-state index contributed by atoms with van der Waals surface area (Å²) in [5.74, 6) is 0.185. The smallest absolute Gasteiger partial charge is 0.204 e. The Hall–Kier alpha value is -1.41. The van der Waals surface area contributed by atoms with E-state index >= 15 is 0 Å². The third kappa shape index (κ3) is 3.58. The minimum atomic E-state index is -2.90. The number of aliphatic hydroxyl groups is 1. The Kier molecular flexibility index (Phi) is 5.32. The van der Waals surface area contributed by atoms with Crippen LogP contribution in [0.15, 0.2) is 60.7 Å². The monoisotopic (exact) mass is 329 g/mol. The van der Waals surface area contributed by atoms with E-state index in [1.54, 1.807) is 0 Å². The van der Waals surface area contributed by atoms with Crippen molar-refractivity contribution in [2.24, 2.45) is 5.92 Å². The molecule has 2 atom stereocenters. The van der Waals surface area contributed by atoms with Gasteiger partial charge < -0.3 is 5.11 Å². The minimum Gasteiger partial charge on any atom is -0.396 e. The highest BCUT2D eigenvalue weighted by atomic mass is 31.2. The van der Waals surface area contributed by atoms with Gasteiger partial charge in [-0.05, 0) is 43.0 Å². The van der Waals surface area contributed by atoms with Gasteiger partial charge in [0.2, 0.25) is 7.29 Å². The molecule has 0 unspecified atom stereocenters. The summed E-state index contributed by atoms with van der Waals surface area (Å²) in [6.45, 7) is 0.154. The molecule has 0 aliphatic heterocycles. The fourth-order valence-electron chi connectivity index (χ4n) is 3.40. The highest BCUT2D eigenvalue weighted by molar-refractivity contribution is 7.76. The van der Waals surface area contributed by atoms with Crippen LogP contribution in [0, 0.1) is 5.92 Å². The van der Waals surface area contributed by atoms with Gasteiger partial charge in [0.15, 0.2) is 0 Å². The predicted molar refractivity (Wildman–Crippen MR) is 95.7 cm³/mol. The molecular formula is C19H24NO2P. The number of rotatable bonds is 5.